The van der Waals surface area contributed by atoms with Crippen molar-refractivity contribution in [2.45, 2.75) is 46.1 Å². The molecular formula is C20H22BrN3O3. The fraction of sp³-hybridized carbons (Fsp3) is 0.350. The van der Waals surface area contributed by atoms with E-state index in [2.05, 4.69) is 31.8 Å². The zero-order valence-electron chi connectivity index (χ0n) is 15.6. The van der Waals surface area contributed by atoms with Crippen LogP contribution < -0.4 is 10.7 Å². The van der Waals surface area contributed by atoms with E-state index in [1.807, 2.05) is 26.8 Å². The van der Waals surface area contributed by atoms with Crippen LogP contribution in [0.2, 0.25) is 0 Å². The summed E-state index contributed by atoms with van der Waals surface area (Å²) in [7, 11) is 0. The van der Waals surface area contributed by atoms with Crippen molar-refractivity contribution >= 4 is 33.5 Å². The van der Waals surface area contributed by atoms with Gasteiger partial charge >= 0.3 is 0 Å². The van der Waals surface area contributed by atoms with Gasteiger partial charge < -0.3 is 9.73 Å². The normalized spacial score (nSPS) is 14.9. The lowest BCUT2D eigenvalue weighted by atomic mass is 9.93. The number of halogens is 1. The molecule has 0 bridgehead atoms. The van der Waals surface area contributed by atoms with Gasteiger partial charge in [0.2, 0.25) is 0 Å². The van der Waals surface area contributed by atoms with Crippen molar-refractivity contribution in [2.75, 3.05) is 0 Å². The third-order valence-electron chi connectivity index (χ3n) is 4.36. The lowest BCUT2D eigenvalue weighted by Crippen LogP contribution is -2.30. The number of furan rings is 1. The molecule has 2 N–H and O–H groups in total. The van der Waals surface area contributed by atoms with Gasteiger partial charge in [-0.1, -0.05) is 12.1 Å². The number of carbonyl (C=O) groups is 2. The van der Waals surface area contributed by atoms with Crippen LogP contribution in [0.25, 0.3) is 0 Å². The van der Waals surface area contributed by atoms with Crippen LogP contribution in [0.3, 0.4) is 0 Å². The summed E-state index contributed by atoms with van der Waals surface area (Å²) in [5.41, 5.74) is 5.47. The summed E-state index contributed by atoms with van der Waals surface area (Å²) >= 11 is 3.37. The fourth-order valence-electron chi connectivity index (χ4n) is 3.15. The Morgan fingerprint density at radius 3 is 2.63 bits per heavy atom. The molecule has 2 amide bonds. The third kappa shape index (κ3) is 4.13. The second-order valence-electron chi connectivity index (χ2n) is 6.82. The maximum Gasteiger partial charge on any atom is 0.287 e. The Morgan fingerprint density at radius 2 is 1.93 bits per heavy atom. The summed E-state index contributed by atoms with van der Waals surface area (Å²) in [6.45, 7) is 5.66. The van der Waals surface area contributed by atoms with Crippen LogP contribution in [0.15, 0.2) is 38.3 Å². The molecule has 1 heterocycles. The second-order valence-corrected chi connectivity index (χ2v) is 7.67. The number of nitrogens with zero attached hydrogens (tertiary/aromatic N) is 1. The summed E-state index contributed by atoms with van der Waals surface area (Å²) in [4.78, 5) is 24.8. The Labute approximate surface area is 166 Å². The number of fused-ring (bicyclic) bond motifs is 1. The number of aryl methyl sites for hydroxylation is 1. The highest BCUT2D eigenvalue weighted by Crippen LogP contribution is 2.30. The molecule has 0 fully saturated rings. The van der Waals surface area contributed by atoms with Gasteiger partial charge in [-0.05, 0) is 61.7 Å². The van der Waals surface area contributed by atoms with Gasteiger partial charge in [0.05, 0.1) is 11.3 Å². The molecule has 1 aromatic heterocycles. The standard InChI is InChI=1S/C20H22BrN3O3/c1-11(2)22-20(26)18-12(3)17-15(9-6-10-16(17)27-18)23-24-19(25)13-7-4-5-8-14(13)21/h4-5,7-8,11H,6,9-10H2,1-3H3,(H,22,26)(H,24,25)/b23-15+. The van der Waals surface area contributed by atoms with Crippen molar-refractivity contribution in [3.8, 4) is 0 Å². The molecule has 6 nitrogen and oxygen atoms in total. The highest BCUT2D eigenvalue weighted by atomic mass is 79.9. The van der Waals surface area contributed by atoms with E-state index in [4.69, 9.17) is 4.42 Å². The van der Waals surface area contributed by atoms with E-state index in [0.29, 0.717) is 15.8 Å². The number of hydrogen-bond donors (Lipinski definition) is 2. The molecule has 3 rings (SSSR count). The predicted octanol–water partition coefficient (Wildman–Crippen LogP) is 3.96. The van der Waals surface area contributed by atoms with Gasteiger partial charge in [-0.15, -0.1) is 0 Å². The van der Waals surface area contributed by atoms with E-state index in [9.17, 15) is 9.59 Å². The van der Waals surface area contributed by atoms with Gasteiger partial charge in [-0.25, -0.2) is 5.43 Å². The van der Waals surface area contributed by atoms with Crippen LogP contribution in [0.5, 0.6) is 0 Å². The Kier molecular flexibility index (Phi) is 5.79. The van der Waals surface area contributed by atoms with E-state index < -0.39 is 0 Å². The van der Waals surface area contributed by atoms with Gasteiger partial charge in [0.25, 0.3) is 11.8 Å². The summed E-state index contributed by atoms with van der Waals surface area (Å²) < 4.78 is 6.53. The summed E-state index contributed by atoms with van der Waals surface area (Å²) in [6, 6.07) is 7.20. The summed E-state index contributed by atoms with van der Waals surface area (Å²) in [6.07, 6.45) is 2.33. The molecular weight excluding hydrogens is 410 g/mol. The number of benzene rings is 1. The van der Waals surface area contributed by atoms with E-state index in [-0.39, 0.29) is 17.9 Å². The van der Waals surface area contributed by atoms with Crippen molar-refractivity contribution in [2.24, 2.45) is 5.10 Å². The zero-order chi connectivity index (χ0) is 19.6. The molecule has 0 unspecified atom stereocenters. The zero-order valence-corrected chi connectivity index (χ0v) is 17.1. The highest BCUT2D eigenvalue weighted by molar-refractivity contribution is 9.10. The fourth-order valence-corrected chi connectivity index (χ4v) is 3.61. The minimum atomic E-state index is -0.291. The predicted molar refractivity (Wildman–Crippen MR) is 107 cm³/mol. The van der Waals surface area contributed by atoms with E-state index in [1.54, 1.807) is 18.2 Å². The quantitative estimate of drug-likeness (QED) is 0.718. The van der Waals surface area contributed by atoms with Crippen LogP contribution in [0.4, 0.5) is 0 Å². The first-order valence-electron chi connectivity index (χ1n) is 8.93. The summed E-state index contributed by atoms with van der Waals surface area (Å²) in [5.74, 6) is 0.552. The molecule has 1 aromatic carbocycles. The van der Waals surface area contributed by atoms with Crippen molar-refractivity contribution in [1.29, 1.82) is 0 Å². The van der Waals surface area contributed by atoms with E-state index in [0.717, 1.165) is 41.9 Å². The number of hydrazone groups is 1. The molecule has 0 saturated heterocycles. The Hall–Kier alpha value is -2.41. The first-order chi connectivity index (χ1) is 12.9. The number of nitrogens with one attached hydrogen (secondary N) is 2. The van der Waals surface area contributed by atoms with Crippen LogP contribution in [0, 0.1) is 6.92 Å². The van der Waals surface area contributed by atoms with Crippen LogP contribution >= 0.6 is 15.9 Å². The lowest BCUT2D eigenvalue weighted by molar-refractivity contribution is 0.0911. The Morgan fingerprint density at radius 1 is 1.19 bits per heavy atom. The third-order valence-corrected chi connectivity index (χ3v) is 5.05. The van der Waals surface area contributed by atoms with Crippen molar-refractivity contribution in [3.63, 3.8) is 0 Å². The van der Waals surface area contributed by atoms with Gasteiger partial charge in [-0.2, -0.15) is 5.10 Å². The van der Waals surface area contributed by atoms with Gasteiger partial charge in [0.1, 0.15) is 5.76 Å². The average molecular weight is 432 g/mol. The van der Waals surface area contributed by atoms with Crippen LogP contribution in [-0.4, -0.2) is 23.6 Å². The molecule has 1 aliphatic rings. The largest absolute Gasteiger partial charge is 0.455 e. The number of rotatable bonds is 4. The minimum Gasteiger partial charge on any atom is -0.455 e. The second kappa shape index (κ2) is 8.08. The van der Waals surface area contributed by atoms with Gasteiger partial charge in [0.15, 0.2) is 5.76 Å². The van der Waals surface area contributed by atoms with Crippen LogP contribution in [0.1, 0.15) is 64.5 Å². The first-order valence-corrected chi connectivity index (χ1v) is 9.72. The van der Waals surface area contributed by atoms with Gasteiger partial charge in [-0.3, -0.25) is 9.59 Å². The molecule has 1 aliphatic carbocycles. The molecule has 0 radical (unpaired) electrons. The van der Waals surface area contributed by atoms with E-state index >= 15 is 0 Å². The van der Waals surface area contributed by atoms with Crippen molar-refractivity contribution < 1.29 is 14.0 Å². The van der Waals surface area contributed by atoms with Crippen molar-refractivity contribution in [1.82, 2.24) is 10.7 Å². The molecule has 7 heteroatoms. The Bertz CT molecular complexity index is 915. The molecule has 0 saturated carbocycles. The Balaban J connectivity index is 1.87. The monoisotopic (exact) mass is 431 g/mol. The molecule has 27 heavy (non-hydrogen) atoms. The topological polar surface area (TPSA) is 83.7 Å². The molecule has 0 spiro atoms. The van der Waals surface area contributed by atoms with Gasteiger partial charge in [0, 0.05) is 28.1 Å². The smallest absolute Gasteiger partial charge is 0.287 e. The van der Waals surface area contributed by atoms with E-state index in [1.165, 1.54) is 0 Å². The molecule has 2 aromatic rings. The average Bonchev–Trinajstić information content (AvgIpc) is 2.97. The maximum absolute atomic E-state index is 12.4. The molecule has 0 aliphatic heterocycles. The number of amides is 2. The number of hydrogen-bond acceptors (Lipinski definition) is 4. The first kappa shape index (κ1) is 19.4. The highest BCUT2D eigenvalue weighted by Gasteiger charge is 2.28. The minimum absolute atomic E-state index is 0.0239. The maximum atomic E-state index is 12.4. The van der Waals surface area contributed by atoms with Crippen LogP contribution in [-0.2, 0) is 6.42 Å². The molecule has 0 atom stereocenters. The van der Waals surface area contributed by atoms with Crippen molar-refractivity contribution in [3.05, 3.63) is 56.9 Å². The lowest BCUT2D eigenvalue weighted by Gasteiger charge is -2.13. The number of carbonyl (C=O) groups excluding carboxylic acids is 2. The SMILES string of the molecule is Cc1c(C(=O)NC(C)C)oc2c1/C(=N/NC(=O)c1ccccc1Br)CCC2. The summed E-state index contributed by atoms with van der Waals surface area (Å²) in [5, 5.41) is 7.20. The molecule has 142 valence electrons.